The molecule has 1 aromatic rings. The van der Waals surface area contributed by atoms with Gasteiger partial charge in [-0.3, -0.25) is 0 Å². The maximum Gasteiger partial charge on any atom is 0.0858 e. The summed E-state index contributed by atoms with van der Waals surface area (Å²) in [5.74, 6) is 0. The second-order valence-corrected chi connectivity index (χ2v) is 7.62. The molecule has 118 valence electrons. The zero-order chi connectivity index (χ0) is 15.7. The summed E-state index contributed by atoms with van der Waals surface area (Å²) in [5, 5.41) is 10.9. The molecule has 0 spiro atoms. The first-order valence-corrected chi connectivity index (χ1v) is 7.95. The van der Waals surface area contributed by atoms with E-state index < -0.39 is 6.10 Å². The summed E-state index contributed by atoms with van der Waals surface area (Å²) in [5.41, 5.74) is 8.44. The molecule has 0 aromatic heterocycles. The highest BCUT2D eigenvalue weighted by Gasteiger charge is 2.42. The third kappa shape index (κ3) is 3.41. The van der Waals surface area contributed by atoms with Gasteiger partial charge < -0.3 is 15.7 Å². The van der Waals surface area contributed by atoms with Crippen molar-refractivity contribution in [1.82, 2.24) is 0 Å². The van der Waals surface area contributed by atoms with Crippen molar-refractivity contribution < 1.29 is 5.11 Å². The molecule has 21 heavy (non-hydrogen) atoms. The summed E-state index contributed by atoms with van der Waals surface area (Å²) in [7, 11) is 4.05. The molecule has 1 saturated carbocycles. The Kier molecular flexibility index (Phi) is 4.64. The van der Waals surface area contributed by atoms with Crippen LogP contribution in [-0.2, 0) is 0 Å². The van der Waals surface area contributed by atoms with Crippen molar-refractivity contribution >= 4 is 5.69 Å². The van der Waals surface area contributed by atoms with Crippen LogP contribution in [0.1, 0.15) is 51.2 Å². The summed E-state index contributed by atoms with van der Waals surface area (Å²) < 4.78 is 0. The van der Waals surface area contributed by atoms with Crippen LogP contribution in [0.4, 0.5) is 5.69 Å². The van der Waals surface area contributed by atoms with Crippen LogP contribution in [-0.4, -0.2) is 25.7 Å². The van der Waals surface area contributed by atoms with Gasteiger partial charge in [-0.2, -0.15) is 0 Å². The predicted octanol–water partition coefficient (Wildman–Crippen LogP) is 3.33. The van der Waals surface area contributed by atoms with Gasteiger partial charge in [0.05, 0.1) is 6.10 Å². The second-order valence-electron chi connectivity index (χ2n) is 7.62. The Morgan fingerprint density at radius 1 is 1.10 bits per heavy atom. The first-order chi connectivity index (χ1) is 9.80. The zero-order valence-corrected chi connectivity index (χ0v) is 13.9. The quantitative estimate of drug-likeness (QED) is 0.894. The van der Waals surface area contributed by atoms with Crippen molar-refractivity contribution in [3.8, 4) is 0 Å². The summed E-state index contributed by atoms with van der Waals surface area (Å²) >= 11 is 0. The number of nitrogens with zero attached hydrogens (tertiary/aromatic N) is 1. The lowest BCUT2D eigenvalue weighted by atomic mass is 9.62. The van der Waals surface area contributed by atoms with E-state index in [-0.39, 0.29) is 5.41 Å². The summed E-state index contributed by atoms with van der Waals surface area (Å²) in [6.45, 7) is 5.18. The van der Waals surface area contributed by atoms with Crippen LogP contribution in [0, 0.1) is 10.8 Å². The van der Waals surface area contributed by atoms with Crippen LogP contribution < -0.4 is 10.6 Å². The molecule has 1 unspecified atom stereocenters. The number of aliphatic hydroxyl groups excluding tert-OH is 1. The Hall–Kier alpha value is -1.06. The maximum absolute atomic E-state index is 10.9. The van der Waals surface area contributed by atoms with Gasteiger partial charge in [0.15, 0.2) is 0 Å². The minimum absolute atomic E-state index is 0.158. The van der Waals surface area contributed by atoms with E-state index >= 15 is 0 Å². The number of hydrogen-bond donors (Lipinski definition) is 2. The van der Waals surface area contributed by atoms with Gasteiger partial charge >= 0.3 is 0 Å². The number of nitrogens with two attached hydrogens (primary N) is 1. The largest absolute Gasteiger partial charge is 0.388 e. The molecule has 0 aliphatic heterocycles. The molecule has 0 bridgehead atoms. The Bertz CT molecular complexity index is 455. The van der Waals surface area contributed by atoms with Crippen molar-refractivity contribution in [3.63, 3.8) is 0 Å². The summed E-state index contributed by atoms with van der Waals surface area (Å²) in [6.07, 6.45) is 3.82. The fourth-order valence-corrected chi connectivity index (χ4v) is 3.32. The zero-order valence-electron chi connectivity index (χ0n) is 13.9. The highest BCUT2D eigenvalue weighted by atomic mass is 16.3. The summed E-state index contributed by atoms with van der Waals surface area (Å²) in [4.78, 5) is 2.07. The van der Waals surface area contributed by atoms with Gasteiger partial charge in [0.25, 0.3) is 0 Å². The van der Waals surface area contributed by atoms with Gasteiger partial charge in [0, 0.05) is 31.7 Å². The molecule has 0 saturated heterocycles. The Morgan fingerprint density at radius 3 is 2.05 bits per heavy atom. The minimum atomic E-state index is -0.463. The van der Waals surface area contributed by atoms with Crippen molar-refractivity contribution in [1.29, 1.82) is 0 Å². The molecular weight excluding hydrogens is 260 g/mol. The molecule has 0 radical (unpaired) electrons. The van der Waals surface area contributed by atoms with Crippen LogP contribution >= 0.6 is 0 Å². The molecule has 0 amide bonds. The topological polar surface area (TPSA) is 49.5 Å². The van der Waals surface area contributed by atoms with E-state index in [2.05, 4.69) is 30.9 Å². The van der Waals surface area contributed by atoms with Crippen molar-refractivity contribution in [3.05, 3.63) is 29.8 Å². The van der Waals surface area contributed by atoms with Gasteiger partial charge in [-0.15, -0.1) is 0 Å². The third-order valence-corrected chi connectivity index (χ3v) is 5.31. The average molecular weight is 290 g/mol. The van der Waals surface area contributed by atoms with Crippen molar-refractivity contribution in [2.24, 2.45) is 16.6 Å². The molecule has 2 rings (SSSR count). The van der Waals surface area contributed by atoms with E-state index in [0.717, 1.165) is 36.9 Å². The third-order valence-electron chi connectivity index (χ3n) is 5.31. The van der Waals surface area contributed by atoms with Gasteiger partial charge in [0.2, 0.25) is 0 Å². The lowest BCUT2D eigenvalue weighted by molar-refractivity contribution is -0.0235. The Morgan fingerprint density at radius 2 is 1.62 bits per heavy atom. The number of hydrogen-bond acceptors (Lipinski definition) is 3. The van der Waals surface area contributed by atoms with Gasteiger partial charge in [0.1, 0.15) is 0 Å². The fraction of sp³-hybridized carbons (Fsp3) is 0.667. The van der Waals surface area contributed by atoms with Crippen molar-refractivity contribution in [2.75, 3.05) is 25.5 Å². The Balaban J connectivity index is 2.18. The number of anilines is 1. The second kappa shape index (κ2) is 5.98. The average Bonchev–Trinajstić information content (AvgIpc) is 2.47. The molecule has 3 N–H and O–H groups in total. The van der Waals surface area contributed by atoms with Crippen LogP contribution in [0.5, 0.6) is 0 Å². The number of benzene rings is 1. The lowest BCUT2D eigenvalue weighted by Crippen LogP contribution is -2.41. The predicted molar refractivity (Wildman–Crippen MR) is 89.5 cm³/mol. The minimum Gasteiger partial charge on any atom is -0.388 e. The van der Waals surface area contributed by atoms with E-state index in [1.54, 1.807) is 0 Å². The van der Waals surface area contributed by atoms with Crippen LogP contribution in [0.15, 0.2) is 24.3 Å². The maximum atomic E-state index is 10.9. The van der Waals surface area contributed by atoms with Crippen LogP contribution in [0.2, 0.25) is 0 Å². The Labute approximate surface area is 129 Å². The van der Waals surface area contributed by atoms with Crippen LogP contribution in [0.25, 0.3) is 0 Å². The van der Waals surface area contributed by atoms with E-state index in [1.165, 1.54) is 0 Å². The molecule has 3 nitrogen and oxygen atoms in total. The SMILES string of the molecule is CN(C)c1ccc(C(O)C2(CN)CCC(C)(C)CC2)cc1. The molecule has 0 heterocycles. The normalized spacial score (nSPS) is 21.8. The van der Waals surface area contributed by atoms with Gasteiger partial charge in [-0.05, 0) is 48.8 Å². The van der Waals surface area contributed by atoms with Gasteiger partial charge in [-0.25, -0.2) is 0 Å². The fourth-order valence-electron chi connectivity index (χ4n) is 3.32. The first-order valence-electron chi connectivity index (χ1n) is 7.95. The lowest BCUT2D eigenvalue weighted by Gasteiger charge is -2.46. The highest BCUT2D eigenvalue weighted by molar-refractivity contribution is 5.46. The summed E-state index contributed by atoms with van der Waals surface area (Å²) in [6, 6.07) is 8.21. The number of rotatable bonds is 4. The van der Waals surface area contributed by atoms with E-state index in [1.807, 2.05) is 26.2 Å². The van der Waals surface area contributed by atoms with E-state index in [4.69, 9.17) is 5.73 Å². The smallest absolute Gasteiger partial charge is 0.0858 e. The van der Waals surface area contributed by atoms with E-state index in [9.17, 15) is 5.11 Å². The molecule has 1 aromatic carbocycles. The molecule has 3 heteroatoms. The molecule has 1 aliphatic rings. The molecular formula is C18H30N2O. The van der Waals surface area contributed by atoms with Gasteiger partial charge in [-0.1, -0.05) is 26.0 Å². The van der Waals surface area contributed by atoms with Crippen LogP contribution in [0.3, 0.4) is 0 Å². The molecule has 1 aliphatic carbocycles. The standard InChI is InChI=1S/C18H30N2O/c1-17(2)9-11-18(13-19,12-10-17)16(21)14-5-7-15(8-6-14)20(3)4/h5-8,16,21H,9-13,19H2,1-4H3. The van der Waals surface area contributed by atoms with Crippen molar-refractivity contribution in [2.45, 2.75) is 45.6 Å². The molecule has 1 atom stereocenters. The highest BCUT2D eigenvalue weighted by Crippen LogP contribution is 2.50. The number of aliphatic hydroxyl groups is 1. The molecule has 1 fully saturated rings. The van der Waals surface area contributed by atoms with E-state index in [0.29, 0.717) is 12.0 Å². The monoisotopic (exact) mass is 290 g/mol. The first kappa shape index (κ1) is 16.3.